The number of carbonyl (C=O) groups is 2. The second-order valence-corrected chi connectivity index (χ2v) is 7.94. The molecule has 2 amide bonds. The number of likely N-dealkylation sites (tertiary alicyclic amines) is 1. The molecular formula is C26H26N2O3. The van der Waals surface area contributed by atoms with Crippen molar-refractivity contribution in [1.82, 2.24) is 10.2 Å². The van der Waals surface area contributed by atoms with Crippen LogP contribution < -0.4 is 5.32 Å². The molecule has 1 heterocycles. The largest absolute Gasteiger partial charge is 0.481 e. The van der Waals surface area contributed by atoms with Crippen LogP contribution in [0.25, 0.3) is 0 Å². The molecule has 5 heteroatoms. The van der Waals surface area contributed by atoms with Gasteiger partial charge < -0.3 is 15.3 Å². The molecule has 0 unspecified atom stereocenters. The van der Waals surface area contributed by atoms with Gasteiger partial charge in [0.25, 0.3) is 0 Å². The predicted molar refractivity (Wildman–Crippen MR) is 120 cm³/mol. The molecule has 1 fully saturated rings. The fraction of sp³-hybridized carbons (Fsp3) is 0.231. The van der Waals surface area contributed by atoms with Gasteiger partial charge in [-0.3, -0.25) is 4.79 Å². The molecule has 0 radical (unpaired) electrons. The van der Waals surface area contributed by atoms with Crippen LogP contribution in [-0.2, 0) is 10.2 Å². The van der Waals surface area contributed by atoms with E-state index in [2.05, 4.69) is 5.32 Å². The zero-order valence-electron chi connectivity index (χ0n) is 17.3. The molecule has 1 saturated heterocycles. The van der Waals surface area contributed by atoms with Gasteiger partial charge in [0.15, 0.2) is 0 Å². The molecule has 0 spiro atoms. The molecule has 0 saturated carbocycles. The second kappa shape index (κ2) is 9.04. The maximum Gasteiger partial charge on any atom is 0.318 e. The number of hydrogen-bond donors (Lipinski definition) is 2. The van der Waals surface area contributed by atoms with Gasteiger partial charge in [-0.25, -0.2) is 4.79 Å². The first-order valence-electron chi connectivity index (χ1n) is 10.5. The van der Waals surface area contributed by atoms with Gasteiger partial charge in [0, 0.05) is 13.1 Å². The fourth-order valence-electron chi connectivity index (χ4n) is 4.34. The van der Waals surface area contributed by atoms with Gasteiger partial charge in [-0.05, 0) is 29.5 Å². The van der Waals surface area contributed by atoms with Gasteiger partial charge in [-0.1, -0.05) is 91.0 Å². The third kappa shape index (κ3) is 4.31. The molecule has 3 aromatic rings. The number of carboxylic acid groups (broad SMARTS) is 1. The van der Waals surface area contributed by atoms with E-state index in [9.17, 15) is 14.7 Å². The van der Waals surface area contributed by atoms with Crippen molar-refractivity contribution in [1.29, 1.82) is 0 Å². The summed E-state index contributed by atoms with van der Waals surface area (Å²) in [6, 6.07) is 28.6. The van der Waals surface area contributed by atoms with E-state index >= 15 is 0 Å². The van der Waals surface area contributed by atoms with Gasteiger partial charge in [-0.2, -0.15) is 0 Å². The van der Waals surface area contributed by atoms with E-state index in [1.807, 2.05) is 91.0 Å². The molecule has 0 aliphatic carbocycles. The van der Waals surface area contributed by atoms with Crippen LogP contribution in [0.1, 0.15) is 35.6 Å². The summed E-state index contributed by atoms with van der Waals surface area (Å²) in [7, 11) is 0. The Kier molecular flexibility index (Phi) is 6.03. The lowest BCUT2D eigenvalue weighted by Gasteiger charge is -2.39. The highest BCUT2D eigenvalue weighted by molar-refractivity contribution is 5.82. The monoisotopic (exact) mass is 414 g/mol. The molecule has 0 aromatic heterocycles. The first-order valence-corrected chi connectivity index (χ1v) is 10.5. The number of rotatable bonds is 5. The Morgan fingerprint density at radius 1 is 0.774 bits per heavy atom. The minimum Gasteiger partial charge on any atom is -0.481 e. The molecule has 4 rings (SSSR count). The Morgan fingerprint density at radius 3 is 1.68 bits per heavy atom. The van der Waals surface area contributed by atoms with Crippen molar-refractivity contribution in [2.45, 2.75) is 24.3 Å². The summed E-state index contributed by atoms with van der Waals surface area (Å²) < 4.78 is 0. The molecule has 0 bridgehead atoms. The standard InChI is InChI=1S/C26H26N2O3/c29-24(30)26(22-14-8-3-9-15-22)16-18-28(19-17-26)25(31)27-23(20-10-4-1-5-11-20)21-12-6-2-7-13-21/h1-15,23H,16-19H2,(H,27,31)(H,29,30). The number of urea groups is 1. The van der Waals surface area contributed by atoms with E-state index < -0.39 is 11.4 Å². The molecule has 5 nitrogen and oxygen atoms in total. The number of carboxylic acids is 1. The van der Waals surface area contributed by atoms with E-state index in [4.69, 9.17) is 0 Å². The first kappa shape index (κ1) is 20.7. The van der Waals surface area contributed by atoms with E-state index in [-0.39, 0.29) is 12.1 Å². The molecule has 3 aromatic carbocycles. The molecule has 2 N–H and O–H groups in total. The van der Waals surface area contributed by atoms with Crippen molar-refractivity contribution in [3.63, 3.8) is 0 Å². The Hall–Kier alpha value is -3.60. The van der Waals surface area contributed by atoms with Crippen LogP contribution in [0, 0.1) is 0 Å². The van der Waals surface area contributed by atoms with Crippen molar-refractivity contribution in [2.24, 2.45) is 0 Å². The van der Waals surface area contributed by atoms with Gasteiger partial charge in [0.1, 0.15) is 0 Å². The number of benzene rings is 3. The molecule has 1 aliphatic heterocycles. The Bertz CT molecular complexity index is 975. The number of aliphatic carboxylic acids is 1. The maximum absolute atomic E-state index is 13.1. The van der Waals surface area contributed by atoms with Crippen LogP contribution in [-0.4, -0.2) is 35.1 Å². The fourth-order valence-corrected chi connectivity index (χ4v) is 4.34. The lowest BCUT2D eigenvalue weighted by atomic mass is 9.73. The summed E-state index contributed by atoms with van der Waals surface area (Å²) in [5.74, 6) is -0.829. The highest BCUT2D eigenvalue weighted by Crippen LogP contribution is 2.36. The molecule has 158 valence electrons. The number of amides is 2. The zero-order valence-corrected chi connectivity index (χ0v) is 17.3. The third-order valence-electron chi connectivity index (χ3n) is 6.17. The highest BCUT2D eigenvalue weighted by Gasteiger charge is 2.44. The number of carbonyl (C=O) groups excluding carboxylic acids is 1. The van der Waals surface area contributed by atoms with E-state index in [0.717, 1.165) is 16.7 Å². The summed E-state index contributed by atoms with van der Waals surface area (Å²) in [4.78, 5) is 27.0. The van der Waals surface area contributed by atoms with Crippen molar-refractivity contribution >= 4 is 12.0 Å². The average Bonchev–Trinajstić information content (AvgIpc) is 2.84. The summed E-state index contributed by atoms with van der Waals surface area (Å²) >= 11 is 0. The van der Waals surface area contributed by atoms with Crippen LogP contribution in [0.2, 0.25) is 0 Å². The normalized spacial score (nSPS) is 15.5. The van der Waals surface area contributed by atoms with Gasteiger partial charge >= 0.3 is 12.0 Å². The van der Waals surface area contributed by atoms with E-state index in [0.29, 0.717) is 25.9 Å². The van der Waals surface area contributed by atoms with Gasteiger partial charge in [-0.15, -0.1) is 0 Å². The van der Waals surface area contributed by atoms with Crippen molar-refractivity contribution in [3.05, 3.63) is 108 Å². The van der Waals surface area contributed by atoms with Gasteiger partial charge in [0.05, 0.1) is 11.5 Å². The van der Waals surface area contributed by atoms with Crippen LogP contribution >= 0.6 is 0 Å². The Labute approximate surface area is 182 Å². The second-order valence-electron chi connectivity index (χ2n) is 7.94. The number of nitrogens with zero attached hydrogens (tertiary/aromatic N) is 1. The van der Waals surface area contributed by atoms with E-state index in [1.54, 1.807) is 4.90 Å². The number of hydrogen-bond acceptors (Lipinski definition) is 2. The van der Waals surface area contributed by atoms with Crippen LogP contribution in [0.5, 0.6) is 0 Å². The van der Waals surface area contributed by atoms with Crippen LogP contribution in [0.4, 0.5) is 4.79 Å². The summed E-state index contributed by atoms with van der Waals surface area (Å²) in [6.45, 7) is 0.784. The summed E-state index contributed by atoms with van der Waals surface area (Å²) in [6.07, 6.45) is 0.780. The van der Waals surface area contributed by atoms with Crippen molar-refractivity contribution < 1.29 is 14.7 Å². The van der Waals surface area contributed by atoms with Gasteiger partial charge in [0.2, 0.25) is 0 Å². The highest BCUT2D eigenvalue weighted by atomic mass is 16.4. The maximum atomic E-state index is 13.1. The minimum atomic E-state index is -0.948. The van der Waals surface area contributed by atoms with Crippen LogP contribution in [0.3, 0.4) is 0 Å². The van der Waals surface area contributed by atoms with E-state index in [1.165, 1.54) is 0 Å². The molecule has 31 heavy (non-hydrogen) atoms. The minimum absolute atomic E-state index is 0.176. The Balaban J connectivity index is 1.50. The molecule has 0 atom stereocenters. The molecular weight excluding hydrogens is 388 g/mol. The predicted octanol–water partition coefficient (Wildman–Crippen LogP) is 4.60. The number of nitrogens with one attached hydrogen (secondary N) is 1. The van der Waals surface area contributed by atoms with Crippen molar-refractivity contribution in [2.75, 3.05) is 13.1 Å². The Morgan fingerprint density at radius 2 is 1.23 bits per heavy atom. The lowest BCUT2D eigenvalue weighted by Crippen LogP contribution is -2.52. The lowest BCUT2D eigenvalue weighted by molar-refractivity contribution is -0.145. The number of piperidine rings is 1. The first-order chi connectivity index (χ1) is 15.1. The smallest absolute Gasteiger partial charge is 0.318 e. The van der Waals surface area contributed by atoms with Crippen LogP contribution in [0.15, 0.2) is 91.0 Å². The molecule has 1 aliphatic rings. The zero-order chi connectivity index (χ0) is 21.7. The van der Waals surface area contributed by atoms with Crippen molar-refractivity contribution in [3.8, 4) is 0 Å². The third-order valence-corrected chi connectivity index (χ3v) is 6.17. The SMILES string of the molecule is O=C(NC(c1ccccc1)c1ccccc1)N1CCC(C(=O)O)(c2ccccc2)CC1. The quantitative estimate of drug-likeness (QED) is 0.641. The topological polar surface area (TPSA) is 69.6 Å². The summed E-state index contributed by atoms with van der Waals surface area (Å²) in [5, 5.41) is 13.1. The average molecular weight is 415 g/mol. The summed E-state index contributed by atoms with van der Waals surface area (Å²) in [5.41, 5.74) is 1.86.